The van der Waals surface area contributed by atoms with Crippen LogP contribution in [0.3, 0.4) is 0 Å². The normalized spacial score (nSPS) is 12.0. The highest BCUT2D eigenvalue weighted by atomic mass is 35.5. The van der Waals surface area contributed by atoms with E-state index in [-0.39, 0.29) is 21.5 Å². The van der Waals surface area contributed by atoms with Gasteiger partial charge in [-0.15, -0.1) is 0 Å². The van der Waals surface area contributed by atoms with Gasteiger partial charge in [0, 0.05) is 5.02 Å². The molecule has 146 valence electrons. The van der Waals surface area contributed by atoms with Crippen molar-refractivity contribution in [3.8, 4) is 0 Å². The van der Waals surface area contributed by atoms with Crippen molar-refractivity contribution < 1.29 is 18.7 Å². The molecule has 0 saturated heterocycles. The molecule has 0 bridgehead atoms. The fraction of sp³-hybridized carbons (Fsp3) is 0.167. The van der Waals surface area contributed by atoms with Gasteiger partial charge in [0.2, 0.25) is 0 Å². The molecular weight excluding hydrogens is 447 g/mol. The van der Waals surface area contributed by atoms with E-state index in [0.29, 0.717) is 21.3 Å². The average Bonchev–Trinajstić information content (AvgIpc) is 3.05. The number of thioether (sulfide) groups is 1. The number of halogens is 3. The maximum absolute atomic E-state index is 12.3. The van der Waals surface area contributed by atoms with Crippen molar-refractivity contribution in [2.45, 2.75) is 18.3 Å². The SMILES string of the molecule is CC(OC(=O)CSc1nc2ccccc2o1)C(=O)Nc1c(Cl)cc(Cl)cc1Cl. The molecule has 0 aliphatic carbocycles. The fourth-order valence-corrected chi connectivity index (χ4v) is 3.74. The number of benzene rings is 2. The third kappa shape index (κ3) is 5.11. The van der Waals surface area contributed by atoms with Crippen molar-refractivity contribution in [3.05, 3.63) is 51.5 Å². The minimum Gasteiger partial charge on any atom is -0.452 e. The van der Waals surface area contributed by atoms with Crippen LogP contribution in [0.25, 0.3) is 11.1 Å². The van der Waals surface area contributed by atoms with Crippen LogP contribution in [0.15, 0.2) is 46.0 Å². The van der Waals surface area contributed by atoms with Gasteiger partial charge in [-0.05, 0) is 31.2 Å². The number of esters is 1. The van der Waals surface area contributed by atoms with Crippen LogP contribution in [0, 0.1) is 0 Å². The summed E-state index contributed by atoms with van der Waals surface area (Å²) < 4.78 is 10.6. The molecule has 2 aromatic carbocycles. The molecule has 6 nitrogen and oxygen atoms in total. The molecule has 1 atom stereocenters. The van der Waals surface area contributed by atoms with E-state index in [0.717, 1.165) is 11.8 Å². The highest BCUT2D eigenvalue weighted by Gasteiger charge is 2.21. The number of hydrogen-bond acceptors (Lipinski definition) is 6. The van der Waals surface area contributed by atoms with Gasteiger partial charge in [-0.1, -0.05) is 58.7 Å². The van der Waals surface area contributed by atoms with Gasteiger partial charge < -0.3 is 14.5 Å². The fourth-order valence-electron chi connectivity index (χ4n) is 2.20. The van der Waals surface area contributed by atoms with Gasteiger partial charge in [-0.3, -0.25) is 9.59 Å². The van der Waals surface area contributed by atoms with E-state index in [2.05, 4.69) is 10.3 Å². The molecular formula is C18H13Cl3N2O4S. The zero-order valence-electron chi connectivity index (χ0n) is 14.4. The van der Waals surface area contributed by atoms with Crippen molar-refractivity contribution in [1.29, 1.82) is 0 Å². The highest BCUT2D eigenvalue weighted by molar-refractivity contribution is 7.99. The minimum absolute atomic E-state index is 0.0626. The Kier molecular flexibility index (Phi) is 6.72. The van der Waals surface area contributed by atoms with E-state index < -0.39 is 18.0 Å². The zero-order valence-corrected chi connectivity index (χ0v) is 17.5. The molecule has 0 aliphatic heterocycles. The van der Waals surface area contributed by atoms with E-state index in [1.165, 1.54) is 19.1 Å². The van der Waals surface area contributed by atoms with Crippen molar-refractivity contribution in [2.75, 3.05) is 11.1 Å². The number of amides is 1. The average molecular weight is 460 g/mol. The molecule has 0 spiro atoms. The molecule has 0 radical (unpaired) electrons. The molecule has 0 aliphatic rings. The second kappa shape index (κ2) is 9.05. The molecule has 28 heavy (non-hydrogen) atoms. The molecule has 1 unspecified atom stereocenters. The third-order valence-electron chi connectivity index (χ3n) is 3.52. The third-order valence-corrected chi connectivity index (χ3v) is 5.14. The molecule has 1 amide bonds. The largest absolute Gasteiger partial charge is 0.452 e. The van der Waals surface area contributed by atoms with Crippen LogP contribution in [0.5, 0.6) is 0 Å². The first-order valence-electron chi connectivity index (χ1n) is 7.96. The second-order valence-corrected chi connectivity index (χ2v) is 7.78. The van der Waals surface area contributed by atoms with Gasteiger partial charge in [0.1, 0.15) is 11.3 Å². The topological polar surface area (TPSA) is 81.4 Å². The Bertz CT molecular complexity index is 985. The van der Waals surface area contributed by atoms with E-state index in [9.17, 15) is 9.59 Å². The lowest BCUT2D eigenvalue weighted by molar-refractivity contribution is -0.150. The van der Waals surface area contributed by atoms with Gasteiger partial charge in [0.15, 0.2) is 11.7 Å². The molecule has 1 aromatic heterocycles. The number of nitrogens with one attached hydrogen (secondary N) is 1. The zero-order chi connectivity index (χ0) is 20.3. The predicted molar refractivity (Wildman–Crippen MR) is 110 cm³/mol. The summed E-state index contributed by atoms with van der Waals surface area (Å²) in [6.07, 6.45) is -1.06. The quantitative estimate of drug-likeness (QED) is 0.390. The van der Waals surface area contributed by atoms with Crippen molar-refractivity contribution in [2.24, 2.45) is 0 Å². The van der Waals surface area contributed by atoms with Crippen LogP contribution in [0.2, 0.25) is 15.1 Å². The molecule has 1 heterocycles. The predicted octanol–water partition coefficient (Wildman–Crippen LogP) is 5.45. The van der Waals surface area contributed by atoms with Gasteiger partial charge >= 0.3 is 5.97 Å². The summed E-state index contributed by atoms with van der Waals surface area (Å²) in [5.41, 5.74) is 1.52. The Balaban J connectivity index is 1.54. The second-order valence-electron chi connectivity index (χ2n) is 5.60. The van der Waals surface area contributed by atoms with Crippen LogP contribution < -0.4 is 5.32 Å². The van der Waals surface area contributed by atoms with Crippen LogP contribution in [-0.2, 0) is 14.3 Å². The van der Waals surface area contributed by atoms with Crippen LogP contribution in [0.4, 0.5) is 5.69 Å². The Labute approximate surface area is 179 Å². The summed E-state index contributed by atoms with van der Waals surface area (Å²) in [4.78, 5) is 28.5. The van der Waals surface area contributed by atoms with Gasteiger partial charge in [0.05, 0.1) is 15.7 Å². The molecule has 0 saturated carbocycles. The molecule has 0 fully saturated rings. The molecule has 10 heteroatoms. The first-order valence-corrected chi connectivity index (χ1v) is 10.1. The van der Waals surface area contributed by atoms with Crippen molar-refractivity contribution in [3.63, 3.8) is 0 Å². The lowest BCUT2D eigenvalue weighted by Gasteiger charge is -2.15. The Hall–Kier alpha value is -1.93. The molecule has 1 N–H and O–H groups in total. The number of ether oxygens (including phenoxy) is 1. The Morgan fingerprint density at radius 2 is 1.89 bits per heavy atom. The number of carbonyl (C=O) groups excluding carboxylic acids is 2. The number of carbonyl (C=O) groups is 2. The van der Waals surface area contributed by atoms with Crippen LogP contribution in [0.1, 0.15) is 6.92 Å². The maximum atomic E-state index is 12.3. The first-order chi connectivity index (χ1) is 13.3. The number of para-hydroxylation sites is 2. The standard InChI is InChI=1S/C18H13Cl3N2O4S/c1-9(17(25)23-16-11(20)6-10(19)7-12(16)21)26-15(24)8-28-18-22-13-4-2-3-5-14(13)27-18/h2-7,9H,8H2,1H3,(H,23,25). The molecule has 3 rings (SSSR count). The van der Waals surface area contributed by atoms with E-state index in [1.54, 1.807) is 12.1 Å². The smallest absolute Gasteiger partial charge is 0.317 e. The van der Waals surface area contributed by atoms with Gasteiger partial charge in [-0.2, -0.15) is 0 Å². The summed E-state index contributed by atoms with van der Waals surface area (Å²) in [6, 6.07) is 10.1. The number of oxazole rings is 1. The minimum atomic E-state index is -1.06. The number of nitrogens with zero attached hydrogens (tertiary/aromatic N) is 1. The first kappa shape index (κ1) is 20.8. The van der Waals surface area contributed by atoms with E-state index >= 15 is 0 Å². The highest BCUT2D eigenvalue weighted by Crippen LogP contribution is 2.33. The van der Waals surface area contributed by atoms with Gasteiger partial charge in [-0.25, -0.2) is 4.98 Å². The summed E-state index contributed by atoms with van der Waals surface area (Å²) in [5.74, 6) is -1.23. The Morgan fingerprint density at radius 1 is 1.21 bits per heavy atom. The summed E-state index contributed by atoms with van der Waals surface area (Å²) in [7, 11) is 0. The Morgan fingerprint density at radius 3 is 2.57 bits per heavy atom. The van der Waals surface area contributed by atoms with Crippen molar-refractivity contribution in [1.82, 2.24) is 4.98 Å². The maximum Gasteiger partial charge on any atom is 0.317 e. The van der Waals surface area contributed by atoms with Crippen LogP contribution >= 0.6 is 46.6 Å². The number of aromatic nitrogens is 1. The van der Waals surface area contributed by atoms with Crippen LogP contribution in [-0.4, -0.2) is 28.7 Å². The summed E-state index contributed by atoms with van der Waals surface area (Å²) >= 11 is 19.0. The number of hydrogen-bond donors (Lipinski definition) is 1. The lowest BCUT2D eigenvalue weighted by Crippen LogP contribution is -2.30. The van der Waals surface area contributed by atoms with Gasteiger partial charge in [0.25, 0.3) is 11.1 Å². The van der Waals surface area contributed by atoms with Crippen molar-refractivity contribution >= 4 is 75.2 Å². The lowest BCUT2D eigenvalue weighted by atomic mass is 10.3. The molecule has 3 aromatic rings. The van der Waals surface area contributed by atoms with E-state index in [4.69, 9.17) is 44.0 Å². The number of fused-ring (bicyclic) bond motifs is 1. The number of anilines is 1. The number of rotatable bonds is 6. The summed E-state index contributed by atoms with van der Waals surface area (Å²) in [6.45, 7) is 1.44. The monoisotopic (exact) mass is 458 g/mol. The summed E-state index contributed by atoms with van der Waals surface area (Å²) in [5, 5.41) is 3.56. The van der Waals surface area contributed by atoms with E-state index in [1.807, 2.05) is 12.1 Å².